The largest absolute Gasteiger partial charge is 0.364 e. The van der Waals surface area contributed by atoms with E-state index < -0.39 is 0 Å². The van der Waals surface area contributed by atoms with Gasteiger partial charge in [0.05, 0.1) is 0 Å². The summed E-state index contributed by atoms with van der Waals surface area (Å²) in [6.45, 7) is 10.2. The second-order valence-corrected chi connectivity index (χ2v) is 4.40. The SMILES string of the molecule is C=C1SC(C)(OC)C(C)=C1C. The quantitative estimate of drug-likeness (QED) is 0.598. The van der Waals surface area contributed by atoms with Gasteiger partial charge in [0, 0.05) is 12.0 Å². The first kappa shape index (κ1) is 8.88. The summed E-state index contributed by atoms with van der Waals surface area (Å²) in [5, 5.41) is 0. The molecule has 0 aromatic rings. The summed E-state index contributed by atoms with van der Waals surface area (Å²) in [7, 11) is 1.74. The van der Waals surface area contributed by atoms with Crippen LogP contribution in [0.3, 0.4) is 0 Å². The molecule has 1 atom stereocenters. The summed E-state index contributed by atoms with van der Waals surface area (Å²) in [6, 6.07) is 0. The highest BCUT2D eigenvalue weighted by atomic mass is 32.2. The summed E-state index contributed by atoms with van der Waals surface area (Å²) in [6.07, 6.45) is 0. The van der Waals surface area contributed by atoms with Crippen molar-refractivity contribution in [1.29, 1.82) is 0 Å². The summed E-state index contributed by atoms with van der Waals surface area (Å²) in [5.74, 6) is 0. The zero-order valence-electron chi connectivity index (χ0n) is 7.52. The highest BCUT2D eigenvalue weighted by Crippen LogP contribution is 2.48. The van der Waals surface area contributed by atoms with Crippen LogP contribution >= 0.6 is 11.8 Å². The third kappa shape index (κ3) is 1.25. The summed E-state index contributed by atoms with van der Waals surface area (Å²) in [5.41, 5.74) is 2.56. The van der Waals surface area contributed by atoms with E-state index in [0.717, 1.165) is 4.91 Å². The summed E-state index contributed by atoms with van der Waals surface area (Å²) in [4.78, 5) is 0.966. The zero-order chi connectivity index (χ0) is 8.65. The fourth-order valence-corrected chi connectivity index (χ4v) is 2.30. The van der Waals surface area contributed by atoms with Crippen molar-refractivity contribution in [1.82, 2.24) is 0 Å². The fraction of sp³-hybridized carbons (Fsp3) is 0.556. The lowest BCUT2D eigenvalue weighted by atomic mass is 10.1. The Balaban J connectivity index is 3.03. The smallest absolute Gasteiger partial charge is 0.136 e. The maximum atomic E-state index is 5.40. The lowest BCUT2D eigenvalue weighted by molar-refractivity contribution is 0.119. The van der Waals surface area contributed by atoms with Crippen molar-refractivity contribution in [2.24, 2.45) is 0 Å². The molecule has 0 bridgehead atoms. The maximum absolute atomic E-state index is 5.40. The van der Waals surface area contributed by atoms with E-state index in [1.54, 1.807) is 18.9 Å². The Morgan fingerprint density at radius 3 is 2.18 bits per heavy atom. The molecular formula is C9H14OS. The van der Waals surface area contributed by atoms with Gasteiger partial charge in [0.25, 0.3) is 0 Å². The van der Waals surface area contributed by atoms with Crippen molar-refractivity contribution in [3.8, 4) is 0 Å². The Labute approximate surface area is 72.5 Å². The Hall–Kier alpha value is -0.210. The van der Waals surface area contributed by atoms with Gasteiger partial charge in [-0.2, -0.15) is 0 Å². The molecule has 0 radical (unpaired) electrons. The molecule has 2 heteroatoms. The molecule has 1 unspecified atom stereocenters. The topological polar surface area (TPSA) is 9.23 Å². The fourth-order valence-electron chi connectivity index (χ4n) is 1.13. The van der Waals surface area contributed by atoms with Gasteiger partial charge in [-0.05, 0) is 31.9 Å². The van der Waals surface area contributed by atoms with Crippen molar-refractivity contribution in [2.45, 2.75) is 25.7 Å². The Morgan fingerprint density at radius 1 is 1.45 bits per heavy atom. The van der Waals surface area contributed by atoms with Crippen molar-refractivity contribution in [3.05, 3.63) is 22.6 Å². The molecule has 0 saturated heterocycles. The molecule has 1 aliphatic rings. The maximum Gasteiger partial charge on any atom is 0.136 e. The molecule has 0 aliphatic carbocycles. The van der Waals surface area contributed by atoms with Crippen molar-refractivity contribution in [2.75, 3.05) is 7.11 Å². The minimum Gasteiger partial charge on any atom is -0.364 e. The third-order valence-electron chi connectivity index (χ3n) is 2.37. The second-order valence-electron chi connectivity index (χ2n) is 2.93. The number of rotatable bonds is 1. The van der Waals surface area contributed by atoms with Crippen molar-refractivity contribution < 1.29 is 4.74 Å². The van der Waals surface area contributed by atoms with E-state index in [0.29, 0.717) is 0 Å². The van der Waals surface area contributed by atoms with E-state index in [1.807, 2.05) is 0 Å². The second kappa shape index (κ2) is 2.68. The predicted octanol–water partition coefficient (Wildman–Crippen LogP) is 2.95. The first-order valence-electron chi connectivity index (χ1n) is 3.62. The Morgan fingerprint density at radius 2 is 2.00 bits per heavy atom. The number of hydrogen-bond donors (Lipinski definition) is 0. The molecule has 0 aromatic carbocycles. The molecule has 1 aliphatic heterocycles. The first-order chi connectivity index (χ1) is 5.01. The van der Waals surface area contributed by atoms with E-state index in [-0.39, 0.29) is 4.93 Å². The Bertz CT molecular complexity index is 230. The lowest BCUT2D eigenvalue weighted by Crippen LogP contribution is -2.20. The van der Waals surface area contributed by atoms with Crippen LogP contribution in [0.5, 0.6) is 0 Å². The molecule has 0 fully saturated rings. The van der Waals surface area contributed by atoms with Gasteiger partial charge in [-0.3, -0.25) is 0 Å². The molecular weight excluding hydrogens is 156 g/mol. The van der Waals surface area contributed by atoms with Crippen LogP contribution in [0.4, 0.5) is 0 Å². The lowest BCUT2D eigenvalue weighted by Gasteiger charge is -2.22. The predicted molar refractivity (Wildman–Crippen MR) is 50.5 cm³/mol. The molecule has 0 spiro atoms. The van der Waals surface area contributed by atoms with E-state index in [9.17, 15) is 0 Å². The monoisotopic (exact) mass is 170 g/mol. The minimum absolute atomic E-state index is 0.166. The van der Waals surface area contributed by atoms with Gasteiger partial charge in [0.2, 0.25) is 0 Å². The van der Waals surface area contributed by atoms with Crippen LogP contribution in [-0.2, 0) is 4.74 Å². The number of ether oxygens (including phenoxy) is 1. The Kier molecular flexibility index (Phi) is 2.17. The van der Waals surface area contributed by atoms with Crippen molar-refractivity contribution >= 4 is 11.8 Å². The van der Waals surface area contributed by atoms with Crippen LogP contribution < -0.4 is 0 Å². The molecule has 0 saturated carbocycles. The van der Waals surface area contributed by atoms with Crippen LogP contribution in [0.25, 0.3) is 0 Å². The average molecular weight is 170 g/mol. The van der Waals surface area contributed by atoms with Crippen LogP contribution in [0, 0.1) is 0 Å². The van der Waals surface area contributed by atoms with Gasteiger partial charge in [0.1, 0.15) is 4.93 Å². The highest BCUT2D eigenvalue weighted by Gasteiger charge is 2.35. The molecule has 1 rings (SSSR count). The number of allylic oxidation sites excluding steroid dienone is 1. The molecule has 0 aromatic heterocycles. The number of hydrogen-bond acceptors (Lipinski definition) is 2. The van der Waals surface area contributed by atoms with Crippen LogP contribution in [-0.4, -0.2) is 12.0 Å². The van der Waals surface area contributed by atoms with Gasteiger partial charge in [0.15, 0.2) is 0 Å². The van der Waals surface area contributed by atoms with Crippen molar-refractivity contribution in [3.63, 3.8) is 0 Å². The van der Waals surface area contributed by atoms with Gasteiger partial charge >= 0.3 is 0 Å². The molecule has 1 nitrogen and oxygen atoms in total. The molecule has 1 heterocycles. The third-order valence-corrected chi connectivity index (χ3v) is 3.78. The normalized spacial score (nSPS) is 31.8. The first-order valence-corrected chi connectivity index (χ1v) is 4.44. The van der Waals surface area contributed by atoms with E-state index in [4.69, 9.17) is 4.74 Å². The summed E-state index contributed by atoms with van der Waals surface area (Å²) >= 11 is 1.69. The van der Waals surface area contributed by atoms with E-state index in [1.165, 1.54) is 11.1 Å². The average Bonchev–Trinajstić information content (AvgIpc) is 2.17. The van der Waals surface area contributed by atoms with E-state index in [2.05, 4.69) is 27.4 Å². The standard InChI is InChI=1S/C9H14OS/c1-6-7(2)9(4,10-5)11-8(6)3/h3H2,1-2,4-5H3. The van der Waals surface area contributed by atoms with Crippen LogP contribution in [0.2, 0.25) is 0 Å². The molecule has 11 heavy (non-hydrogen) atoms. The highest BCUT2D eigenvalue weighted by molar-refractivity contribution is 8.05. The zero-order valence-corrected chi connectivity index (χ0v) is 8.34. The van der Waals surface area contributed by atoms with Crippen LogP contribution in [0.1, 0.15) is 20.8 Å². The number of methoxy groups -OCH3 is 1. The van der Waals surface area contributed by atoms with Gasteiger partial charge < -0.3 is 4.74 Å². The molecule has 62 valence electrons. The molecule has 0 N–H and O–H groups in total. The number of thioether (sulfide) groups is 1. The minimum atomic E-state index is -0.166. The summed E-state index contributed by atoms with van der Waals surface area (Å²) < 4.78 is 5.40. The van der Waals surface area contributed by atoms with Gasteiger partial charge in [-0.1, -0.05) is 18.3 Å². The van der Waals surface area contributed by atoms with E-state index >= 15 is 0 Å². The molecule has 0 amide bonds. The van der Waals surface area contributed by atoms with Crippen LogP contribution in [0.15, 0.2) is 22.6 Å². The van der Waals surface area contributed by atoms with Gasteiger partial charge in [-0.15, -0.1) is 0 Å². The van der Waals surface area contributed by atoms with Gasteiger partial charge in [-0.25, -0.2) is 0 Å².